The van der Waals surface area contributed by atoms with Gasteiger partial charge in [-0.3, -0.25) is 14.9 Å². The number of carbonyl (C=O) groups is 1. The van der Waals surface area contributed by atoms with E-state index in [4.69, 9.17) is 23.7 Å². The van der Waals surface area contributed by atoms with Crippen LogP contribution in [0.1, 0.15) is 27.0 Å². The minimum Gasteiger partial charge on any atom is -0.374 e. The van der Waals surface area contributed by atoms with Crippen molar-refractivity contribution >= 4 is 5.97 Å². The van der Waals surface area contributed by atoms with Gasteiger partial charge in [-0.15, -0.1) is 0 Å². The zero-order valence-electron chi connectivity index (χ0n) is 22.8. The maximum atomic E-state index is 13.2. The van der Waals surface area contributed by atoms with Crippen molar-refractivity contribution in [1.82, 2.24) is 0 Å². The topological polar surface area (TPSA) is 106 Å². The van der Waals surface area contributed by atoms with E-state index in [-0.39, 0.29) is 32.0 Å². The molecular formula is C33H31NO8. The quantitative estimate of drug-likeness (QED) is 0.0892. The molecule has 0 aliphatic carbocycles. The number of hydrogen-bond donors (Lipinski definition) is 0. The Morgan fingerprint density at radius 3 is 1.71 bits per heavy atom. The van der Waals surface area contributed by atoms with Crippen LogP contribution in [0.25, 0.3) is 0 Å². The maximum Gasteiger partial charge on any atom is 0.516 e. The van der Waals surface area contributed by atoms with Crippen molar-refractivity contribution in [2.45, 2.75) is 44.0 Å². The molecule has 9 heteroatoms. The van der Waals surface area contributed by atoms with Crippen LogP contribution in [0.15, 0.2) is 121 Å². The fraction of sp³-hybridized carbons (Fsp3) is 0.242. The Morgan fingerprint density at radius 2 is 1.19 bits per heavy atom. The molecule has 1 saturated heterocycles. The minimum absolute atomic E-state index is 0.00384. The third kappa shape index (κ3) is 7.07. The van der Waals surface area contributed by atoms with E-state index in [0.717, 1.165) is 16.7 Å². The van der Waals surface area contributed by atoms with E-state index in [1.54, 1.807) is 18.2 Å². The molecule has 1 aliphatic rings. The largest absolute Gasteiger partial charge is 0.516 e. The van der Waals surface area contributed by atoms with Gasteiger partial charge in [0.1, 0.15) is 17.1 Å². The molecule has 42 heavy (non-hydrogen) atoms. The molecule has 0 saturated carbocycles. The van der Waals surface area contributed by atoms with Crippen LogP contribution in [0, 0.1) is 10.1 Å². The van der Waals surface area contributed by atoms with Crippen molar-refractivity contribution in [2.75, 3.05) is 6.61 Å². The Bertz CT molecular complexity index is 1420. The molecule has 0 aromatic heterocycles. The number of rotatable bonds is 13. The van der Waals surface area contributed by atoms with Gasteiger partial charge < -0.3 is 18.9 Å². The smallest absolute Gasteiger partial charge is 0.374 e. The summed E-state index contributed by atoms with van der Waals surface area (Å²) in [5.41, 5.74) is 2.68. The summed E-state index contributed by atoms with van der Waals surface area (Å²) in [5.74, 6) is -3.61. The van der Waals surface area contributed by atoms with Gasteiger partial charge >= 0.3 is 11.9 Å². The van der Waals surface area contributed by atoms with Crippen LogP contribution >= 0.6 is 0 Å². The predicted octanol–water partition coefficient (Wildman–Crippen LogP) is 5.56. The molecule has 0 bridgehead atoms. The van der Waals surface area contributed by atoms with Gasteiger partial charge in [0, 0.05) is 0 Å². The Morgan fingerprint density at radius 1 is 0.714 bits per heavy atom. The molecule has 1 heterocycles. The molecule has 0 spiro atoms. The molecule has 1 aliphatic heterocycles. The summed E-state index contributed by atoms with van der Waals surface area (Å²) in [6.07, 6.45) is -3.43. The molecule has 0 amide bonds. The summed E-state index contributed by atoms with van der Waals surface area (Å²) in [7, 11) is 0. The van der Waals surface area contributed by atoms with Crippen LogP contribution in [0.3, 0.4) is 0 Å². The van der Waals surface area contributed by atoms with Crippen molar-refractivity contribution in [2.24, 2.45) is 0 Å². The fourth-order valence-corrected chi connectivity index (χ4v) is 4.70. The number of nitrogens with zero attached hydrogens (tertiary/aromatic N) is 1. The summed E-state index contributed by atoms with van der Waals surface area (Å²) in [6, 6.07) is 36.1. The number of esters is 1. The summed E-state index contributed by atoms with van der Waals surface area (Å²) < 4.78 is 30.0. The molecule has 4 aromatic carbocycles. The Hall–Kier alpha value is -4.41. The molecule has 9 nitrogen and oxygen atoms in total. The number of nitro groups is 1. The van der Waals surface area contributed by atoms with Crippen LogP contribution in [-0.4, -0.2) is 41.7 Å². The van der Waals surface area contributed by atoms with Crippen molar-refractivity contribution in [3.63, 3.8) is 0 Å². The first-order valence-corrected chi connectivity index (χ1v) is 13.6. The highest BCUT2D eigenvalue weighted by molar-refractivity contribution is 5.89. The molecule has 216 valence electrons. The third-order valence-corrected chi connectivity index (χ3v) is 6.80. The van der Waals surface area contributed by atoms with Crippen molar-refractivity contribution < 1.29 is 33.4 Å². The third-order valence-electron chi connectivity index (χ3n) is 6.80. The van der Waals surface area contributed by atoms with Gasteiger partial charge in [-0.25, -0.2) is 4.79 Å². The standard InChI is InChI=1S/C33H31NO8/c35-32(28-19-11-4-12-20-28)42-33(34(36)37)31(40-23-27-17-9-3-10-18-27)30(39-22-26-15-7-2-8-16-26)29(41-33)24-38-21-25-13-5-1-6-14-25/h1-20,29-31H,21-24H2/t29-,30-,31+,33+/m1/s1. The lowest BCUT2D eigenvalue weighted by atomic mass is 10.1. The average Bonchev–Trinajstić information content (AvgIpc) is 3.33. The molecule has 4 aromatic rings. The monoisotopic (exact) mass is 569 g/mol. The second-order valence-corrected chi connectivity index (χ2v) is 9.78. The lowest BCUT2D eigenvalue weighted by Crippen LogP contribution is -2.54. The fourth-order valence-electron chi connectivity index (χ4n) is 4.70. The summed E-state index contributed by atoms with van der Waals surface area (Å²) >= 11 is 0. The normalized spacial score (nSPS) is 21.6. The highest BCUT2D eigenvalue weighted by atomic mass is 16.8. The van der Waals surface area contributed by atoms with Gasteiger partial charge in [0.2, 0.25) is 6.10 Å². The zero-order chi connectivity index (χ0) is 29.2. The average molecular weight is 570 g/mol. The maximum absolute atomic E-state index is 13.2. The number of ether oxygens (including phenoxy) is 5. The number of hydrogen-bond acceptors (Lipinski definition) is 8. The second kappa shape index (κ2) is 14.0. The lowest BCUT2D eigenvalue weighted by Gasteiger charge is -2.26. The van der Waals surface area contributed by atoms with Crippen molar-refractivity contribution in [1.29, 1.82) is 0 Å². The first kappa shape index (κ1) is 29.1. The summed E-state index contributed by atoms with van der Waals surface area (Å²) in [6.45, 7) is 0.292. The molecular weight excluding hydrogens is 538 g/mol. The Balaban J connectivity index is 1.46. The number of benzene rings is 4. The SMILES string of the molecule is O=C(O[C@@]1([N+](=O)[O-])O[C@H](COCc2ccccc2)[C@@H](OCc2ccccc2)[C@@H]1OCc1ccccc1)c1ccccc1. The summed E-state index contributed by atoms with van der Waals surface area (Å²) in [5, 5.41) is 12.8. The molecule has 4 atom stereocenters. The highest BCUT2D eigenvalue weighted by Gasteiger charge is 2.70. The van der Waals surface area contributed by atoms with Crippen molar-refractivity contribution in [3.8, 4) is 0 Å². The van der Waals surface area contributed by atoms with Gasteiger partial charge in [0.15, 0.2) is 0 Å². The van der Waals surface area contributed by atoms with E-state index in [1.807, 2.05) is 91.0 Å². The second-order valence-electron chi connectivity index (χ2n) is 9.78. The van der Waals surface area contributed by atoms with Crippen LogP contribution in [0.2, 0.25) is 0 Å². The van der Waals surface area contributed by atoms with Crippen molar-refractivity contribution in [3.05, 3.63) is 154 Å². The van der Waals surface area contributed by atoms with E-state index in [0.29, 0.717) is 0 Å². The van der Waals surface area contributed by atoms with Gasteiger partial charge in [-0.2, -0.15) is 0 Å². The van der Waals surface area contributed by atoms with Gasteiger partial charge in [0.05, 0.1) is 32.0 Å². The van der Waals surface area contributed by atoms with Crippen LogP contribution in [0.5, 0.6) is 0 Å². The zero-order valence-corrected chi connectivity index (χ0v) is 22.8. The van der Waals surface area contributed by atoms with E-state index < -0.39 is 35.1 Å². The molecule has 1 fully saturated rings. The minimum atomic E-state index is -2.69. The first-order chi connectivity index (χ1) is 20.5. The molecule has 5 rings (SSSR count). The molecule has 0 unspecified atom stereocenters. The first-order valence-electron chi connectivity index (χ1n) is 13.6. The lowest BCUT2D eigenvalue weighted by molar-refractivity contribution is -0.690. The number of carbonyl (C=O) groups excluding carboxylic acids is 1. The van der Waals surface area contributed by atoms with Gasteiger partial charge in [-0.1, -0.05) is 109 Å². The van der Waals surface area contributed by atoms with Crippen LogP contribution in [-0.2, 0) is 43.5 Å². The van der Waals surface area contributed by atoms with E-state index in [2.05, 4.69) is 0 Å². The van der Waals surface area contributed by atoms with E-state index >= 15 is 0 Å². The highest BCUT2D eigenvalue weighted by Crippen LogP contribution is 2.39. The summed E-state index contributed by atoms with van der Waals surface area (Å²) in [4.78, 5) is 25.2. The van der Waals surface area contributed by atoms with Gasteiger partial charge in [0.25, 0.3) is 0 Å². The molecule has 0 N–H and O–H groups in total. The van der Waals surface area contributed by atoms with E-state index in [1.165, 1.54) is 12.1 Å². The molecule has 0 radical (unpaired) electrons. The van der Waals surface area contributed by atoms with Gasteiger partial charge in [-0.05, 0) is 28.8 Å². The Labute approximate surface area is 243 Å². The van der Waals surface area contributed by atoms with E-state index in [9.17, 15) is 14.9 Å². The van der Waals surface area contributed by atoms with Crippen LogP contribution in [0.4, 0.5) is 0 Å². The van der Waals surface area contributed by atoms with Crippen LogP contribution < -0.4 is 0 Å². The Kier molecular flexibility index (Phi) is 9.68. The predicted molar refractivity (Wildman–Crippen MR) is 153 cm³/mol.